The van der Waals surface area contributed by atoms with Gasteiger partial charge < -0.3 is 4.90 Å². The molecule has 0 radical (unpaired) electrons. The van der Waals surface area contributed by atoms with Gasteiger partial charge in [0.15, 0.2) is 0 Å². The third-order valence-electron chi connectivity index (χ3n) is 3.63. The zero-order valence-corrected chi connectivity index (χ0v) is 14.1. The van der Waals surface area contributed by atoms with Gasteiger partial charge in [-0.15, -0.1) is 0 Å². The summed E-state index contributed by atoms with van der Waals surface area (Å²) in [6.07, 6.45) is 4.08. The molecule has 1 aliphatic heterocycles. The molecule has 1 heterocycles. The molecule has 0 aliphatic carbocycles. The second kappa shape index (κ2) is 7.44. The number of amides is 1. The maximum atomic E-state index is 12.3. The average molecular weight is 389 g/mol. The minimum absolute atomic E-state index is 0.261. The van der Waals surface area contributed by atoms with Crippen LogP contribution in [0.25, 0.3) is 0 Å². The van der Waals surface area contributed by atoms with Gasteiger partial charge in [-0.25, -0.2) is 0 Å². The fraction of sp³-hybridized carbons (Fsp3) is 0.533. The quantitative estimate of drug-likeness (QED) is 0.713. The van der Waals surface area contributed by atoms with Gasteiger partial charge in [0.2, 0.25) is 5.91 Å². The van der Waals surface area contributed by atoms with Gasteiger partial charge in [-0.05, 0) is 42.9 Å². The number of carbonyl (C=O) groups is 1. The number of piperidine rings is 1. The number of alkyl halides is 1. The largest absolute Gasteiger partial charge is 0.342 e. The van der Waals surface area contributed by atoms with Crippen LogP contribution in [0.4, 0.5) is 0 Å². The van der Waals surface area contributed by atoms with E-state index >= 15 is 0 Å². The summed E-state index contributed by atoms with van der Waals surface area (Å²) in [4.78, 5) is 14.4. The number of halogens is 2. The van der Waals surface area contributed by atoms with Crippen molar-refractivity contribution in [2.45, 2.75) is 25.7 Å². The second-order valence-electron chi connectivity index (χ2n) is 5.13. The Kier molecular flexibility index (Phi) is 5.89. The minimum atomic E-state index is 0.261. The zero-order valence-electron chi connectivity index (χ0n) is 10.9. The standard InChI is InChI=1S/C15H19Br2NO/c16-7-6-12-4-2-8-18(11-12)15(19)10-13-3-1-5-14(17)9-13/h1,3,5,9,12H,2,4,6-8,10-11H2. The van der Waals surface area contributed by atoms with E-state index in [2.05, 4.69) is 31.9 Å². The van der Waals surface area contributed by atoms with E-state index in [1.54, 1.807) is 0 Å². The summed E-state index contributed by atoms with van der Waals surface area (Å²) in [6.45, 7) is 1.85. The fourth-order valence-electron chi connectivity index (χ4n) is 2.61. The third kappa shape index (κ3) is 4.60. The SMILES string of the molecule is O=C(Cc1cccc(Br)c1)N1CCCC(CCBr)C1. The number of carbonyl (C=O) groups excluding carboxylic acids is 1. The van der Waals surface area contributed by atoms with Crippen LogP contribution in [0, 0.1) is 5.92 Å². The van der Waals surface area contributed by atoms with Crippen LogP contribution in [0.3, 0.4) is 0 Å². The Morgan fingerprint density at radius 3 is 3.00 bits per heavy atom. The second-order valence-corrected chi connectivity index (χ2v) is 6.84. The van der Waals surface area contributed by atoms with Crippen LogP contribution in [-0.4, -0.2) is 29.2 Å². The van der Waals surface area contributed by atoms with E-state index in [-0.39, 0.29) is 5.91 Å². The molecule has 1 aromatic rings. The first-order valence-electron chi connectivity index (χ1n) is 6.77. The molecule has 0 saturated carbocycles. The van der Waals surface area contributed by atoms with Crippen LogP contribution in [0.15, 0.2) is 28.7 Å². The van der Waals surface area contributed by atoms with Crippen molar-refractivity contribution in [2.24, 2.45) is 5.92 Å². The lowest BCUT2D eigenvalue weighted by atomic mass is 9.95. The monoisotopic (exact) mass is 387 g/mol. The van der Waals surface area contributed by atoms with Crippen molar-refractivity contribution in [3.05, 3.63) is 34.3 Å². The third-order valence-corrected chi connectivity index (χ3v) is 4.58. The molecule has 1 atom stereocenters. The van der Waals surface area contributed by atoms with Gasteiger partial charge in [0.25, 0.3) is 0 Å². The Balaban J connectivity index is 1.92. The fourth-order valence-corrected chi connectivity index (χ4v) is 3.71. The van der Waals surface area contributed by atoms with E-state index in [1.165, 1.54) is 12.8 Å². The predicted molar refractivity (Wildman–Crippen MR) is 85.6 cm³/mol. The van der Waals surface area contributed by atoms with Gasteiger partial charge in [-0.3, -0.25) is 4.79 Å². The van der Waals surface area contributed by atoms with Crippen LogP contribution in [0.5, 0.6) is 0 Å². The predicted octanol–water partition coefficient (Wildman–Crippen LogP) is 4.02. The first kappa shape index (κ1) is 15.0. The smallest absolute Gasteiger partial charge is 0.226 e. The molecule has 2 nitrogen and oxygen atoms in total. The number of nitrogens with zero attached hydrogens (tertiary/aromatic N) is 1. The molecule has 1 saturated heterocycles. The molecule has 1 unspecified atom stereocenters. The van der Waals surface area contributed by atoms with Crippen molar-refractivity contribution in [3.8, 4) is 0 Å². The molecule has 0 bridgehead atoms. The van der Waals surface area contributed by atoms with Crippen molar-refractivity contribution in [1.82, 2.24) is 4.90 Å². The molecule has 2 rings (SSSR count). The van der Waals surface area contributed by atoms with Crippen molar-refractivity contribution in [1.29, 1.82) is 0 Å². The van der Waals surface area contributed by atoms with Crippen LogP contribution in [0.2, 0.25) is 0 Å². The molecular weight excluding hydrogens is 370 g/mol. The van der Waals surface area contributed by atoms with Crippen LogP contribution in [-0.2, 0) is 11.2 Å². The van der Waals surface area contributed by atoms with E-state index in [0.29, 0.717) is 12.3 Å². The van der Waals surface area contributed by atoms with Gasteiger partial charge in [0.1, 0.15) is 0 Å². The van der Waals surface area contributed by atoms with Gasteiger partial charge in [0, 0.05) is 22.9 Å². The van der Waals surface area contributed by atoms with Gasteiger partial charge in [-0.2, -0.15) is 0 Å². The average Bonchev–Trinajstić information content (AvgIpc) is 2.39. The lowest BCUT2D eigenvalue weighted by Crippen LogP contribution is -2.40. The van der Waals surface area contributed by atoms with E-state index in [4.69, 9.17) is 0 Å². The number of likely N-dealkylation sites (tertiary alicyclic amines) is 1. The summed E-state index contributed by atoms with van der Waals surface area (Å²) in [5.41, 5.74) is 1.09. The van der Waals surface area contributed by atoms with Crippen molar-refractivity contribution >= 4 is 37.8 Å². The van der Waals surface area contributed by atoms with Crippen molar-refractivity contribution in [2.75, 3.05) is 18.4 Å². The minimum Gasteiger partial charge on any atom is -0.342 e. The van der Waals surface area contributed by atoms with E-state index in [9.17, 15) is 4.79 Å². The maximum absolute atomic E-state index is 12.3. The van der Waals surface area contributed by atoms with E-state index < -0.39 is 0 Å². The first-order chi connectivity index (χ1) is 9.19. The highest BCUT2D eigenvalue weighted by Gasteiger charge is 2.23. The summed E-state index contributed by atoms with van der Waals surface area (Å²) in [7, 11) is 0. The molecule has 0 aromatic heterocycles. The highest BCUT2D eigenvalue weighted by Crippen LogP contribution is 2.21. The van der Waals surface area contributed by atoms with E-state index in [1.807, 2.05) is 29.2 Å². The summed E-state index contributed by atoms with van der Waals surface area (Å²) in [5, 5.41) is 1.03. The summed E-state index contributed by atoms with van der Waals surface area (Å²) < 4.78 is 1.04. The molecule has 1 aliphatic rings. The molecule has 104 valence electrons. The van der Waals surface area contributed by atoms with Crippen LogP contribution in [0.1, 0.15) is 24.8 Å². The van der Waals surface area contributed by atoms with Gasteiger partial charge in [-0.1, -0.05) is 44.0 Å². The number of benzene rings is 1. The normalized spacial score (nSPS) is 19.5. The Morgan fingerprint density at radius 1 is 1.42 bits per heavy atom. The zero-order chi connectivity index (χ0) is 13.7. The Morgan fingerprint density at radius 2 is 2.26 bits per heavy atom. The molecule has 4 heteroatoms. The Labute approximate surface area is 131 Å². The highest BCUT2D eigenvalue weighted by atomic mass is 79.9. The summed E-state index contributed by atoms with van der Waals surface area (Å²) >= 11 is 6.94. The van der Waals surface area contributed by atoms with Crippen molar-refractivity contribution in [3.63, 3.8) is 0 Å². The summed E-state index contributed by atoms with van der Waals surface area (Å²) in [5.74, 6) is 0.928. The van der Waals surface area contributed by atoms with Crippen molar-refractivity contribution < 1.29 is 4.79 Å². The van der Waals surface area contributed by atoms with E-state index in [0.717, 1.165) is 34.9 Å². The molecule has 1 aromatic carbocycles. The number of rotatable bonds is 4. The van der Waals surface area contributed by atoms with Crippen LogP contribution < -0.4 is 0 Å². The lowest BCUT2D eigenvalue weighted by Gasteiger charge is -2.32. The molecule has 1 amide bonds. The van der Waals surface area contributed by atoms with Gasteiger partial charge in [0.05, 0.1) is 6.42 Å². The Bertz CT molecular complexity index is 434. The first-order valence-corrected chi connectivity index (χ1v) is 8.68. The van der Waals surface area contributed by atoms with Crippen LogP contribution >= 0.6 is 31.9 Å². The molecule has 0 spiro atoms. The lowest BCUT2D eigenvalue weighted by molar-refractivity contribution is -0.132. The Hall–Kier alpha value is -0.350. The molecular formula is C15H19Br2NO. The molecule has 1 fully saturated rings. The maximum Gasteiger partial charge on any atom is 0.226 e. The molecule has 0 N–H and O–H groups in total. The number of hydrogen-bond acceptors (Lipinski definition) is 1. The molecule has 19 heavy (non-hydrogen) atoms. The highest BCUT2D eigenvalue weighted by molar-refractivity contribution is 9.10. The van der Waals surface area contributed by atoms with Gasteiger partial charge >= 0.3 is 0 Å². The number of hydrogen-bond donors (Lipinski definition) is 0. The topological polar surface area (TPSA) is 20.3 Å². The summed E-state index contributed by atoms with van der Waals surface area (Å²) in [6, 6.07) is 8.01.